The second-order valence-corrected chi connectivity index (χ2v) is 17.7. The van der Waals surface area contributed by atoms with Gasteiger partial charge in [-0.25, -0.2) is 4.79 Å². The summed E-state index contributed by atoms with van der Waals surface area (Å²) in [4.78, 5) is 52.3. The molecule has 8 saturated carbocycles. The van der Waals surface area contributed by atoms with Crippen LogP contribution in [0.3, 0.4) is 0 Å². The molecule has 2 N–H and O–H groups in total. The number of hydrogen-bond acceptors (Lipinski definition) is 5. The number of anilines is 2. The lowest BCUT2D eigenvalue weighted by molar-refractivity contribution is -0.117. The van der Waals surface area contributed by atoms with E-state index in [-0.39, 0.29) is 48.7 Å². The summed E-state index contributed by atoms with van der Waals surface area (Å²) in [5.74, 6) is 4.56. The first-order valence-electron chi connectivity index (χ1n) is 19.7. The molecule has 0 spiro atoms. The van der Waals surface area contributed by atoms with Crippen molar-refractivity contribution in [3.63, 3.8) is 0 Å². The van der Waals surface area contributed by atoms with Gasteiger partial charge in [0, 0.05) is 43.5 Å². The summed E-state index contributed by atoms with van der Waals surface area (Å²) in [6.45, 7) is -0.181. The van der Waals surface area contributed by atoms with Crippen molar-refractivity contribution in [1.82, 2.24) is 9.13 Å². The van der Waals surface area contributed by atoms with Crippen molar-refractivity contribution in [2.45, 2.75) is 114 Å². The highest BCUT2D eigenvalue weighted by Crippen LogP contribution is 2.62. The van der Waals surface area contributed by atoms with Crippen LogP contribution in [0.2, 0.25) is 0 Å². The van der Waals surface area contributed by atoms with Crippen LogP contribution >= 0.6 is 0 Å². The van der Waals surface area contributed by atoms with Gasteiger partial charge in [-0.15, -0.1) is 0 Å². The van der Waals surface area contributed by atoms with E-state index in [9.17, 15) is 24.4 Å². The summed E-state index contributed by atoms with van der Waals surface area (Å²) in [5, 5.41) is 15.5. The van der Waals surface area contributed by atoms with Crippen LogP contribution in [0, 0.1) is 46.8 Å². The second-order valence-electron chi connectivity index (χ2n) is 17.7. The van der Waals surface area contributed by atoms with Gasteiger partial charge in [-0.3, -0.25) is 23.5 Å². The predicted molar refractivity (Wildman–Crippen MR) is 199 cm³/mol. The monoisotopic (exact) mass is 699 g/mol. The quantitative estimate of drug-likeness (QED) is 0.239. The molecule has 0 unspecified atom stereocenters. The summed E-state index contributed by atoms with van der Waals surface area (Å²) in [6, 6.07) is 18.4. The van der Waals surface area contributed by atoms with E-state index in [0.29, 0.717) is 16.8 Å². The predicted octanol–water partition coefficient (Wildman–Crippen LogP) is 6.87. The average molecular weight is 700 g/mol. The maximum Gasteiger partial charge on any atom is 0.331 e. The van der Waals surface area contributed by atoms with E-state index >= 15 is 0 Å². The Morgan fingerprint density at radius 3 is 1.40 bits per heavy atom. The zero-order valence-corrected chi connectivity index (χ0v) is 29.9. The molecule has 1 heterocycles. The average Bonchev–Trinajstić information content (AvgIpc) is 3.11. The first-order chi connectivity index (χ1) is 25.2. The first kappa shape index (κ1) is 33.4. The molecule has 8 aliphatic carbocycles. The number of aryl methyl sites for hydroxylation is 1. The fraction of sp³-hybridized carbons (Fsp3) is 0.558. The van der Waals surface area contributed by atoms with Gasteiger partial charge in [-0.1, -0.05) is 24.3 Å². The van der Waals surface area contributed by atoms with E-state index in [1.54, 1.807) is 0 Å². The molecule has 3 aromatic rings. The van der Waals surface area contributed by atoms with Gasteiger partial charge in [-0.2, -0.15) is 5.26 Å². The van der Waals surface area contributed by atoms with Crippen molar-refractivity contribution in [3.8, 4) is 6.07 Å². The van der Waals surface area contributed by atoms with Crippen molar-refractivity contribution >= 4 is 23.2 Å². The van der Waals surface area contributed by atoms with Crippen LogP contribution < -0.4 is 21.9 Å². The third-order valence-electron chi connectivity index (χ3n) is 14.1. The third-order valence-corrected chi connectivity index (χ3v) is 14.1. The van der Waals surface area contributed by atoms with Crippen molar-refractivity contribution in [3.05, 3.63) is 92.3 Å². The van der Waals surface area contributed by atoms with Crippen LogP contribution in [0.1, 0.15) is 107 Å². The van der Waals surface area contributed by atoms with E-state index in [1.165, 1.54) is 98.9 Å². The number of amides is 2. The molecule has 52 heavy (non-hydrogen) atoms. The highest BCUT2D eigenvalue weighted by Gasteiger charge is 2.52. The van der Waals surface area contributed by atoms with Crippen LogP contribution in [0.15, 0.2) is 64.3 Å². The number of nitrogens with zero attached hydrogens (tertiary/aromatic N) is 3. The molecule has 1 aromatic heterocycles. The summed E-state index contributed by atoms with van der Waals surface area (Å²) in [7, 11) is 0. The van der Waals surface area contributed by atoms with E-state index in [4.69, 9.17) is 0 Å². The van der Waals surface area contributed by atoms with Crippen molar-refractivity contribution in [2.75, 3.05) is 10.6 Å². The Kier molecular flexibility index (Phi) is 8.28. The topological polar surface area (TPSA) is 126 Å². The number of rotatable bonds is 10. The van der Waals surface area contributed by atoms with Crippen molar-refractivity contribution in [1.29, 1.82) is 5.26 Å². The number of nitriles is 1. The van der Waals surface area contributed by atoms with E-state index in [0.717, 1.165) is 40.1 Å². The fourth-order valence-corrected chi connectivity index (χ4v) is 12.7. The third kappa shape index (κ3) is 6.12. The Morgan fingerprint density at radius 1 is 0.635 bits per heavy atom. The van der Waals surface area contributed by atoms with Gasteiger partial charge in [0.05, 0.1) is 0 Å². The molecule has 8 fully saturated rings. The van der Waals surface area contributed by atoms with Crippen LogP contribution in [-0.4, -0.2) is 20.9 Å². The standard InChI is InChI=1S/C43H49N5O4/c44-25-33-26-47(11-9-38(49)45-36-5-1-34(2-6-36)42-19-27-13-28(20-42)15-29(14-27)21-42)41(52)48(40(33)51)12-10-39(50)46-37-7-3-35(4-8-37)43-22-30-16-31(23-43)18-32(17-30)24-43/h1-8,26-32H,9-24H2,(H,45,49)(H,46,50). The largest absolute Gasteiger partial charge is 0.331 e. The number of carbonyl (C=O) groups excluding carboxylic acids is 2. The van der Waals surface area contributed by atoms with Gasteiger partial charge < -0.3 is 10.6 Å². The normalized spacial score (nSPS) is 32.1. The number of hydrogen-bond donors (Lipinski definition) is 2. The van der Waals surface area contributed by atoms with Crippen molar-refractivity contribution in [2.24, 2.45) is 35.5 Å². The highest BCUT2D eigenvalue weighted by molar-refractivity contribution is 5.91. The Balaban J connectivity index is 0.804. The maximum absolute atomic E-state index is 13.4. The zero-order valence-electron chi connectivity index (χ0n) is 29.9. The van der Waals surface area contributed by atoms with Crippen LogP contribution in [0.5, 0.6) is 0 Å². The van der Waals surface area contributed by atoms with E-state index in [2.05, 4.69) is 34.9 Å². The zero-order chi connectivity index (χ0) is 35.6. The SMILES string of the molecule is N#Cc1cn(CCC(=O)Nc2ccc(C34CC5CC(CC(C5)C3)C4)cc2)c(=O)n(CCC(=O)Nc2ccc(C34CC5CC(CC(C5)C3)C4)cc2)c1=O. The van der Waals surface area contributed by atoms with Crippen LogP contribution in [0.25, 0.3) is 0 Å². The lowest BCUT2D eigenvalue weighted by Crippen LogP contribution is -2.48. The van der Waals surface area contributed by atoms with Gasteiger partial charge >= 0.3 is 5.69 Å². The smallest absolute Gasteiger partial charge is 0.326 e. The Hall–Kier alpha value is -4.45. The van der Waals surface area contributed by atoms with Crippen LogP contribution in [0.4, 0.5) is 11.4 Å². The highest BCUT2D eigenvalue weighted by atomic mass is 16.2. The molecular weight excluding hydrogens is 651 g/mol. The Labute approximate surface area is 304 Å². The van der Waals surface area contributed by atoms with Gasteiger partial charge in [0.25, 0.3) is 5.56 Å². The molecule has 270 valence electrons. The molecule has 9 nitrogen and oxygen atoms in total. The molecule has 0 saturated heterocycles. The maximum atomic E-state index is 13.4. The molecule has 11 rings (SSSR count). The summed E-state index contributed by atoms with van der Waals surface area (Å²) in [6.07, 6.45) is 17.1. The number of aromatic nitrogens is 2. The fourth-order valence-electron chi connectivity index (χ4n) is 12.7. The number of carbonyl (C=O) groups is 2. The minimum absolute atomic E-state index is 0.00668. The van der Waals surface area contributed by atoms with Crippen LogP contribution in [-0.2, 0) is 33.5 Å². The molecule has 2 aromatic carbocycles. The Morgan fingerprint density at radius 2 is 1.02 bits per heavy atom. The lowest BCUT2D eigenvalue weighted by atomic mass is 9.48. The number of benzene rings is 2. The summed E-state index contributed by atoms with van der Waals surface area (Å²) < 4.78 is 2.14. The van der Waals surface area contributed by atoms with Gasteiger partial charge in [0.2, 0.25) is 11.8 Å². The van der Waals surface area contributed by atoms with E-state index < -0.39 is 11.2 Å². The van der Waals surface area contributed by atoms with Gasteiger partial charge in [0.15, 0.2) is 0 Å². The van der Waals surface area contributed by atoms with Crippen molar-refractivity contribution < 1.29 is 9.59 Å². The summed E-state index contributed by atoms with van der Waals surface area (Å²) in [5.41, 5.74) is 3.14. The lowest BCUT2D eigenvalue weighted by Gasteiger charge is -2.57. The van der Waals surface area contributed by atoms with Gasteiger partial charge in [0.1, 0.15) is 11.6 Å². The van der Waals surface area contributed by atoms with E-state index in [1.807, 2.05) is 30.3 Å². The summed E-state index contributed by atoms with van der Waals surface area (Å²) >= 11 is 0. The molecule has 2 amide bonds. The molecule has 0 atom stereocenters. The molecule has 0 aliphatic heterocycles. The molecule has 9 heteroatoms. The molecule has 8 bridgehead atoms. The van der Waals surface area contributed by atoms with Gasteiger partial charge in [-0.05, 0) is 159 Å². The molecule has 0 radical (unpaired) electrons. The minimum atomic E-state index is -0.736. The second kappa shape index (κ2) is 12.9. The minimum Gasteiger partial charge on any atom is -0.326 e. The first-order valence-corrected chi connectivity index (χ1v) is 19.7. The number of nitrogens with one attached hydrogen (secondary N) is 2. The Bertz CT molecular complexity index is 1980. The molecular formula is C43H49N5O4. The molecule has 8 aliphatic rings.